The minimum Gasteiger partial charge on any atom is -0.0654 e. The quantitative estimate of drug-likeness (QED) is 0.146. The van der Waals surface area contributed by atoms with Crippen LogP contribution in [0.4, 0.5) is 0 Å². The Labute approximate surface area is 240 Å². The zero-order chi connectivity index (χ0) is 27.1. The number of hydrogen-bond acceptors (Lipinski definition) is 0. The fourth-order valence-corrected chi connectivity index (χ4v) is 6.44. The molecule has 0 N–H and O–H groups in total. The van der Waals surface area contributed by atoms with E-state index in [-0.39, 0.29) is 0 Å². The highest BCUT2D eigenvalue weighted by Gasteiger charge is 2.21. The predicted octanol–water partition coefficient (Wildman–Crippen LogP) is 11.8. The monoisotopic (exact) mass is 520 g/mol. The van der Waals surface area contributed by atoms with Crippen LogP contribution >= 0.6 is 0 Å². The molecule has 1 saturated carbocycles. The van der Waals surface area contributed by atoms with Crippen LogP contribution in [0, 0.1) is 17.8 Å². The Balaban J connectivity index is 1.22. The van der Waals surface area contributed by atoms with Gasteiger partial charge in [0.1, 0.15) is 0 Å². The first-order chi connectivity index (χ1) is 19.2. The second-order valence-corrected chi connectivity index (χ2v) is 12.2. The van der Waals surface area contributed by atoms with E-state index in [4.69, 9.17) is 0 Å². The van der Waals surface area contributed by atoms with Crippen LogP contribution in [0.1, 0.15) is 145 Å². The van der Waals surface area contributed by atoms with E-state index in [2.05, 4.69) is 86.4 Å². The van der Waals surface area contributed by atoms with Crippen LogP contribution in [-0.2, 0) is 6.42 Å². The summed E-state index contributed by atoms with van der Waals surface area (Å²) in [4.78, 5) is 0. The Morgan fingerprint density at radius 1 is 0.564 bits per heavy atom. The Hall–Kier alpha value is -2.52. The van der Waals surface area contributed by atoms with E-state index in [1.807, 2.05) is 0 Å². The molecular weight excluding hydrogens is 468 g/mol. The van der Waals surface area contributed by atoms with Crippen molar-refractivity contribution in [3.63, 3.8) is 0 Å². The van der Waals surface area contributed by atoms with Crippen molar-refractivity contribution in [3.8, 4) is 11.8 Å². The molecule has 1 aliphatic rings. The van der Waals surface area contributed by atoms with Crippen LogP contribution in [-0.4, -0.2) is 0 Å². The first-order valence-corrected chi connectivity index (χ1v) is 16.4. The smallest absolute Gasteiger partial charge is 0.0255 e. The van der Waals surface area contributed by atoms with Gasteiger partial charge < -0.3 is 0 Å². The Morgan fingerprint density at radius 2 is 1.15 bits per heavy atom. The normalized spacial score (nSPS) is 17.2. The summed E-state index contributed by atoms with van der Waals surface area (Å²) in [7, 11) is 0. The molecule has 39 heavy (non-hydrogen) atoms. The molecule has 0 atom stereocenters. The topological polar surface area (TPSA) is 0 Å². The van der Waals surface area contributed by atoms with Gasteiger partial charge in [0.15, 0.2) is 0 Å². The first-order valence-electron chi connectivity index (χ1n) is 16.4. The van der Waals surface area contributed by atoms with Gasteiger partial charge in [-0.3, -0.25) is 0 Å². The van der Waals surface area contributed by atoms with Gasteiger partial charge in [0.25, 0.3) is 0 Å². The molecule has 0 amide bonds. The Morgan fingerprint density at radius 3 is 1.90 bits per heavy atom. The number of unbranched alkanes of at least 4 members (excludes halogenated alkanes) is 9. The lowest BCUT2D eigenvalue weighted by molar-refractivity contribution is 0.302. The molecule has 0 bridgehead atoms. The summed E-state index contributed by atoms with van der Waals surface area (Å²) >= 11 is 0. The Bertz CT molecular complexity index is 1160. The van der Waals surface area contributed by atoms with Crippen LogP contribution in [0.5, 0.6) is 0 Å². The number of fused-ring (bicyclic) bond motifs is 1. The molecule has 4 rings (SSSR count). The molecular formula is C39H52. The summed E-state index contributed by atoms with van der Waals surface area (Å²) in [5.74, 6) is 8.54. The predicted molar refractivity (Wildman–Crippen MR) is 172 cm³/mol. The van der Waals surface area contributed by atoms with E-state index in [1.54, 1.807) is 0 Å². The third-order valence-electron chi connectivity index (χ3n) is 9.02. The number of hydrogen-bond donors (Lipinski definition) is 0. The van der Waals surface area contributed by atoms with Gasteiger partial charge in [0, 0.05) is 11.1 Å². The maximum Gasteiger partial charge on any atom is 0.0255 e. The lowest BCUT2D eigenvalue weighted by Crippen LogP contribution is -2.13. The van der Waals surface area contributed by atoms with Gasteiger partial charge in [-0.2, -0.15) is 0 Å². The third kappa shape index (κ3) is 9.87. The van der Waals surface area contributed by atoms with Crippen molar-refractivity contribution < 1.29 is 0 Å². The molecule has 0 spiro atoms. The van der Waals surface area contributed by atoms with Crippen molar-refractivity contribution in [3.05, 3.63) is 82.9 Å². The van der Waals surface area contributed by atoms with Gasteiger partial charge in [0.05, 0.1) is 0 Å². The largest absolute Gasteiger partial charge is 0.0654 e. The summed E-state index contributed by atoms with van der Waals surface area (Å²) in [5, 5.41) is 2.62. The molecule has 0 heterocycles. The Kier molecular flexibility index (Phi) is 12.5. The minimum absolute atomic E-state index is 0.745. The highest BCUT2D eigenvalue weighted by Crippen LogP contribution is 2.37. The molecule has 0 saturated heterocycles. The van der Waals surface area contributed by atoms with Crippen LogP contribution in [0.25, 0.3) is 10.8 Å². The van der Waals surface area contributed by atoms with Crippen molar-refractivity contribution in [2.75, 3.05) is 0 Å². The number of aryl methyl sites for hydroxylation is 1. The van der Waals surface area contributed by atoms with E-state index >= 15 is 0 Å². The summed E-state index contributed by atoms with van der Waals surface area (Å²) < 4.78 is 0. The maximum atomic E-state index is 3.41. The third-order valence-corrected chi connectivity index (χ3v) is 9.02. The lowest BCUT2D eigenvalue weighted by atomic mass is 9.77. The van der Waals surface area contributed by atoms with Gasteiger partial charge >= 0.3 is 0 Å². The average Bonchev–Trinajstić information content (AvgIpc) is 2.98. The molecule has 1 fully saturated rings. The van der Waals surface area contributed by atoms with Gasteiger partial charge in [0.2, 0.25) is 0 Å². The second kappa shape index (κ2) is 16.6. The highest BCUT2D eigenvalue weighted by molar-refractivity contribution is 5.84. The summed E-state index contributed by atoms with van der Waals surface area (Å²) in [5.41, 5.74) is 5.20. The van der Waals surface area contributed by atoms with Crippen LogP contribution < -0.4 is 0 Å². The molecule has 0 unspecified atom stereocenters. The van der Waals surface area contributed by atoms with Gasteiger partial charge in [-0.05, 0) is 96.5 Å². The van der Waals surface area contributed by atoms with Crippen LogP contribution in [0.15, 0.2) is 60.7 Å². The van der Waals surface area contributed by atoms with E-state index in [0.717, 1.165) is 23.0 Å². The van der Waals surface area contributed by atoms with Gasteiger partial charge in [-0.25, -0.2) is 0 Å². The molecule has 3 aromatic rings. The highest BCUT2D eigenvalue weighted by atomic mass is 14.3. The molecule has 0 aliphatic heterocycles. The van der Waals surface area contributed by atoms with Crippen molar-refractivity contribution in [2.24, 2.45) is 5.92 Å². The molecule has 0 heteroatoms. The molecule has 1 aliphatic carbocycles. The standard InChI is InChI=1S/C39H52/c1-3-5-7-9-10-11-13-14-32-18-24-36(25-19-32)37-26-20-33(21-27-37)16-17-35-23-29-38-30-34(15-12-8-6-4-2)22-28-39(38)31-35/h20-23,26-32,36H,3-15,18-19,24-25H2,1-2H3. The maximum absolute atomic E-state index is 3.41. The fraction of sp³-hybridized carbons (Fsp3) is 0.538. The molecule has 208 valence electrons. The molecule has 0 aromatic heterocycles. The van der Waals surface area contributed by atoms with E-state index < -0.39 is 0 Å². The average molecular weight is 521 g/mol. The lowest BCUT2D eigenvalue weighted by Gasteiger charge is -2.29. The molecule has 0 radical (unpaired) electrons. The van der Waals surface area contributed by atoms with Crippen molar-refractivity contribution in [2.45, 2.75) is 129 Å². The number of rotatable bonds is 14. The molecule has 3 aromatic carbocycles. The zero-order valence-electron chi connectivity index (χ0n) is 24.9. The van der Waals surface area contributed by atoms with E-state index in [1.165, 1.54) is 131 Å². The summed E-state index contributed by atoms with van der Waals surface area (Å²) in [6.07, 6.45) is 23.5. The SMILES string of the molecule is CCCCCCCCCC1CCC(c2ccc(C#Cc3ccc4cc(CCCCCC)ccc4c3)cc2)CC1. The summed E-state index contributed by atoms with van der Waals surface area (Å²) in [6, 6.07) is 22.7. The van der Waals surface area contributed by atoms with Crippen LogP contribution in [0.2, 0.25) is 0 Å². The second-order valence-electron chi connectivity index (χ2n) is 12.2. The first kappa shape index (κ1) is 29.5. The van der Waals surface area contributed by atoms with Crippen molar-refractivity contribution in [1.29, 1.82) is 0 Å². The van der Waals surface area contributed by atoms with Crippen LogP contribution in [0.3, 0.4) is 0 Å². The van der Waals surface area contributed by atoms with Gasteiger partial charge in [-0.1, -0.05) is 133 Å². The minimum atomic E-state index is 0.745. The van der Waals surface area contributed by atoms with E-state index in [9.17, 15) is 0 Å². The fourth-order valence-electron chi connectivity index (χ4n) is 6.44. The number of benzene rings is 3. The van der Waals surface area contributed by atoms with Gasteiger partial charge in [-0.15, -0.1) is 0 Å². The van der Waals surface area contributed by atoms with Crippen molar-refractivity contribution in [1.82, 2.24) is 0 Å². The van der Waals surface area contributed by atoms with Crippen molar-refractivity contribution >= 4 is 10.8 Å². The van der Waals surface area contributed by atoms with E-state index in [0.29, 0.717) is 0 Å². The zero-order valence-corrected chi connectivity index (χ0v) is 24.9. The molecule has 0 nitrogen and oxygen atoms in total. The summed E-state index contributed by atoms with van der Waals surface area (Å²) in [6.45, 7) is 4.57.